The van der Waals surface area contributed by atoms with Gasteiger partial charge in [0.1, 0.15) is 0 Å². The Kier molecular flexibility index (Phi) is 2.51. The van der Waals surface area contributed by atoms with Crippen LogP contribution in [0.4, 0.5) is 0 Å². The molecule has 0 bridgehead atoms. The van der Waals surface area contributed by atoms with Crippen LogP contribution in [-0.4, -0.2) is 23.0 Å². The highest BCUT2D eigenvalue weighted by Gasteiger charge is 2.05. The van der Waals surface area contributed by atoms with E-state index in [0.29, 0.717) is 0 Å². The van der Waals surface area contributed by atoms with Crippen LogP contribution in [0.2, 0.25) is 0 Å². The molecule has 0 atom stereocenters. The highest BCUT2D eigenvalue weighted by molar-refractivity contribution is 5.89. The molecular formula is C6H7N3O2. The van der Waals surface area contributed by atoms with Crippen molar-refractivity contribution in [3.63, 3.8) is 0 Å². The average molecular weight is 153 g/mol. The number of nitrogens with zero attached hydrogens (tertiary/aromatic N) is 2. The van der Waals surface area contributed by atoms with Gasteiger partial charge in [0.15, 0.2) is 0 Å². The summed E-state index contributed by atoms with van der Waals surface area (Å²) in [5.41, 5.74) is 2.10. The number of carbonyl (C=O) groups excluding carboxylic acids is 1. The van der Waals surface area contributed by atoms with E-state index in [0.717, 1.165) is 0 Å². The smallest absolute Gasteiger partial charge is 0.277 e. The van der Waals surface area contributed by atoms with Gasteiger partial charge in [-0.1, -0.05) is 0 Å². The third kappa shape index (κ3) is 1.98. The van der Waals surface area contributed by atoms with Gasteiger partial charge in [0.05, 0.1) is 7.11 Å². The Morgan fingerprint density at radius 3 is 2.73 bits per heavy atom. The summed E-state index contributed by atoms with van der Waals surface area (Å²) in [5, 5.41) is 0. The Bertz CT molecular complexity index is 237. The van der Waals surface area contributed by atoms with Crippen LogP contribution >= 0.6 is 0 Å². The minimum Gasteiger partial charge on any atom is -0.277 e. The van der Waals surface area contributed by atoms with E-state index in [1.165, 1.54) is 19.5 Å². The number of carbonyl (C=O) groups is 1. The largest absolute Gasteiger partial charge is 0.312 e. The van der Waals surface area contributed by atoms with Crippen LogP contribution in [0, 0.1) is 0 Å². The molecule has 0 saturated carbocycles. The molecule has 11 heavy (non-hydrogen) atoms. The van der Waals surface area contributed by atoms with Crippen molar-refractivity contribution in [3.05, 3.63) is 24.3 Å². The maximum absolute atomic E-state index is 10.9. The molecule has 0 spiro atoms. The average Bonchev–Trinajstić information content (AvgIpc) is 2.07. The lowest BCUT2D eigenvalue weighted by Gasteiger charge is -1.97. The molecule has 58 valence electrons. The van der Waals surface area contributed by atoms with Crippen LogP contribution in [0.1, 0.15) is 10.6 Å². The monoisotopic (exact) mass is 153 g/mol. The molecule has 0 saturated heterocycles. The van der Waals surface area contributed by atoms with Crippen LogP contribution in [0.25, 0.3) is 0 Å². The fourth-order valence-electron chi connectivity index (χ4n) is 0.555. The molecule has 0 aromatic carbocycles. The second-order valence-corrected chi connectivity index (χ2v) is 1.71. The molecule has 0 aliphatic carbocycles. The Morgan fingerprint density at radius 1 is 1.55 bits per heavy atom. The van der Waals surface area contributed by atoms with Crippen molar-refractivity contribution in [1.82, 2.24) is 15.4 Å². The maximum atomic E-state index is 10.9. The van der Waals surface area contributed by atoms with Gasteiger partial charge in [-0.05, 0) is 6.07 Å². The molecule has 1 aromatic heterocycles. The van der Waals surface area contributed by atoms with Crippen LogP contribution in [0.5, 0.6) is 0 Å². The third-order valence-electron chi connectivity index (χ3n) is 0.964. The first kappa shape index (κ1) is 7.62. The number of amides is 1. The summed E-state index contributed by atoms with van der Waals surface area (Å²) in [7, 11) is 1.35. The van der Waals surface area contributed by atoms with Crippen molar-refractivity contribution in [2.45, 2.75) is 0 Å². The Hall–Kier alpha value is -1.49. The molecule has 1 amide bonds. The van der Waals surface area contributed by atoms with Gasteiger partial charge < -0.3 is 0 Å². The predicted octanol–water partition coefficient (Wildman–Crippen LogP) is -0.232. The van der Waals surface area contributed by atoms with Gasteiger partial charge in [0, 0.05) is 12.4 Å². The molecule has 5 nitrogen and oxygen atoms in total. The molecule has 1 heterocycles. The molecule has 1 N–H and O–H groups in total. The van der Waals surface area contributed by atoms with Crippen LogP contribution < -0.4 is 5.48 Å². The number of hydrogen-bond acceptors (Lipinski definition) is 4. The van der Waals surface area contributed by atoms with E-state index >= 15 is 0 Å². The molecule has 1 rings (SSSR count). The molecule has 1 aromatic rings. The predicted molar refractivity (Wildman–Crippen MR) is 36.5 cm³/mol. The van der Waals surface area contributed by atoms with Gasteiger partial charge >= 0.3 is 5.91 Å². The van der Waals surface area contributed by atoms with Gasteiger partial charge in [-0.15, -0.1) is 0 Å². The lowest BCUT2D eigenvalue weighted by Crippen LogP contribution is -2.23. The highest BCUT2D eigenvalue weighted by atomic mass is 16.6. The van der Waals surface area contributed by atoms with Crippen LogP contribution in [-0.2, 0) is 4.84 Å². The topological polar surface area (TPSA) is 64.1 Å². The molecule has 0 unspecified atom stereocenters. The number of rotatable bonds is 2. The zero-order valence-corrected chi connectivity index (χ0v) is 5.94. The van der Waals surface area contributed by atoms with Gasteiger partial charge in [0.25, 0.3) is 0 Å². The maximum Gasteiger partial charge on any atom is 0.312 e. The fraction of sp³-hybridized carbons (Fsp3) is 0.167. The fourth-order valence-corrected chi connectivity index (χ4v) is 0.555. The zero-order valence-electron chi connectivity index (χ0n) is 5.94. The summed E-state index contributed by atoms with van der Waals surface area (Å²) in [4.78, 5) is 22.7. The Morgan fingerprint density at radius 2 is 2.18 bits per heavy atom. The summed E-state index contributed by atoms with van der Waals surface area (Å²) >= 11 is 0. The van der Waals surface area contributed by atoms with Crippen molar-refractivity contribution < 1.29 is 9.63 Å². The number of hydroxylamine groups is 1. The quantitative estimate of drug-likeness (QED) is 0.596. The van der Waals surface area contributed by atoms with Crippen molar-refractivity contribution in [2.24, 2.45) is 0 Å². The molecular weight excluding hydrogens is 146 g/mol. The van der Waals surface area contributed by atoms with Gasteiger partial charge in [-0.25, -0.2) is 15.4 Å². The second-order valence-electron chi connectivity index (χ2n) is 1.71. The summed E-state index contributed by atoms with van der Waals surface area (Å²) in [5.74, 6) is -0.359. The van der Waals surface area contributed by atoms with E-state index in [-0.39, 0.29) is 5.82 Å². The molecule has 5 heteroatoms. The molecule has 0 aliphatic heterocycles. The van der Waals surface area contributed by atoms with Crippen molar-refractivity contribution >= 4 is 5.91 Å². The Labute approximate surface area is 63.4 Å². The van der Waals surface area contributed by atoms with Gasteiger partial charge in [-0.2, -0.15) is 0 Å². The van der Waals surface area contributed by atoms with Crippen LogP contribution in [0.3, 0.4) is 0 Å². The lowest BCUT2D eigenvalue weighted by atomic mass is 10.5. The SMILES string of the molecule is CONC(=O)c1ncccn1. The van der Waals surface area contributed by atoms with Crippen molar-refractivity contribution in [2.75, 3.05) is 7.11 Å². The van der Waals surface area contributed by atoms with Gasteiger partial charge in [0.2, 0.25) is 5.82 Å². The standard InChI is InChI=1S/C6H7N3O2/c1-11-9-6(10)5-7-3-2-4-8-5/h2-4H,1H3,(H,9,10). The lowest BCUT2D eigenvalue weighted by molar-refractivity contribution is 0.0526. The minimum atomic E-state index is -0.451. The first-order valence-corrected chi connectivity index (χ1v) is 2.95. The first-order valence-electron chi connectivity index (χ1n) is 2.95. The molecule has 0 fully saturated rings. The number of aromatic nitrogens is 2. The van der Waals surface area contributed by atoms with Crippen LogP contribution in [0.15, 0.2) is 18.5 Å². The van der Waals surface area contributed by atoms with Gasteiger partial charge in [-0.3, -0.25) is 9.63 Å². The second kappa shape index (κ2) is 3.62. The van der Waals surface area contributed by atoms with Crippen molar-refractivity contribution in [1.29, 1.82) is 0 Å². The summed E-state index contributed by atoms with van der Waals surface area (Å²) in [6.07, 6.45) is 2.97. The van der Waals surface area contributed by atoms with E-state index in [2.05, 4.69) is 20.3 Å². The van der Waals surface area contributed by atoms with E-state index in [9.17, 15) is 4.79 Å². The third-order valence-corrected chi connectivity index (χ3v) is 0.964. The zero-order chi connectivity index (χ0) is 8.10. The summed E-state index contributed by atoms with van der Waals surface area (Å²) in [6.45, 7) is 0. The van der Waals surface area contributed by atoms with E-state index < -0.39 is 5.91 Å². The normalized spacial score (nSPS) is 9.18. The first-order chi connectivity index (χ1) is 5.34. The van der Waals surface area contributed by atoms with E-state index in [1.54, 1.807) is 6.07 Å². The molecule has 0 aliphatic rings. The van der Waals surface area contributed by atoms with E-state index in [1.807, 2.05) is 0 Å². The summed E-state index contributed by atoms with van der Waals surface area (Å²) in [6, 6.07) is 1.63. The number of hydrogen-bond donors (Lipinski definition) is 1. The highest BCUT2D eigenvalue weighted by Crippen LogP contribution is 1.85. The minimum absolute atomic E-state index is 0.0920. The van der Waals surface area contributed by atoms with Crippen molar-refractivity contribution in [3.8, 4) is 0 Å². The van der Waals surface area contributed by atoms with E-state index in [4.69, 9.17) is 0 Å². The summed E-state index contributed by atoms with van der Waals surface area (Å²) < 4.78 is 0. The number of nitrogens with one attached hydrogen (secondary N) is 1. The Balaban J connectivity index is 2.69. The molecule has 0 radical (unpaired) electrons.